The van der Waals surface area contributed by atoms with Crippen LogP contribution < -0.4 is 0 Å². The molecule has 1 fully saturated rings. The van der Waals surface area contributed by atoms with E-state index < -0.39 is 0 Å². The summed E-state index contributed by atoms with van der Waals surface area (Å²) in [5, 5.41) is 0. The van der Waals surface area contributed by atoms with Crippen molar-refractivity contribution in [2.45, 2.75) is 46.0 Å². The zero-order valence-corrected chi connectivity index (χ0v) is 9.42. The second kappa shape index (κ2) is 5.35. The van der Waals surface area contributed by atoms with Gasteiger partial charge in [0.2, 0.25) is 0 Å². The molecule has 1 heterocycles. The van der Waals surface area contributed by atoms with Gasteiger partial charge in [0, 0.05) is 26.2 Å². The third-order valence-corrected chi connectivity index (χ3v) is 2.87. The minimum atomic E-state index is -0.136. The van der Waals surface area contributed by atoms with Gasteiger partial charge in [0.1, 0.15) is 19.6 Å². The molecule has 1 aliphatic heterocycles. The Labute approximate surface area is 86.6 Å². The molecular formula is C11H22NO2+. The maximum absolute atomic E-state index is 11.0. The number of hydrogen-bond donors (Lipinski definition) is 0. The highest BCUT2D eigenvalue weighted by atomic mass is 16.7. The fraction of sp³-hybridized carbons (Fsp3) is 0.909. The van der Waals surface area contributed by atoms with Gasteiger partial charge < -0.3 is 0 Å². The Morgan fingerprint density at radius 3 is 2.43 bits per heavy atom. The summed E-state index contributed by atoms with van der Waals surface area (Å²) in [5.74, 6) is -0.136. The lowest BCUT2D eigenvalue weighted by Crippen LogP contribution is -2.47. The van der Waals surface area contributed by atoms with Crippen molar-refractivity contribution in [3.8, 4) is 0 Å². The number of nitrogens with zero attached hydrogens (tertiary/aromatic N) is 1. The van der Waals surface area contributed by atoms with Crippen molar-refractivity contribution in [2.75, 3.05) is 19.6 Å². The van der Waals surface area contributed by atoms with E-state index in [1.165, 1.54) is 39.0 Å². The number of hydrogen-bond acceptors (Lipinski definition) is 2. The Bertz CT molecular complexity index is 186. The normalized spacial score (nSPS) is 19.6. The molecule has 0 aliphatic carbocycles. The fourth-order valence-corrected chi connectivity index (χ4v) is 2.19. The third-order valence-electron chi connectivity index (χ3n) is 2.87. The molecule has 0 atom stereocenters. The molecule has 1 saturated heterocycles. The molecule has 0 aromatic carbocycles. The first-order valence-electron chi connectivity index (χ1n) is 5.75. The van der Waals surface area contributed by atoms with E-state index in [4.69, 9.17) is 4.84 Å². The van der Waals surface area contributed by atoms with Crippen LogP contribution >= 0.6 is 0 Å². The van der Waals surface area contributed by atoms with Crippen LogP contribution in [0.25, 0.3) is 0 Å². The van der Waals surface area contributed by atoms with Crippen molar-refractivity contribution in [1.82, 2.24) is 0 Å². The summed E-state index contributed by atoms with van der Waals surface area (Å²) < 4.78 is 0.593. The van der Waals surface area contributed by atoms with Crippen LogP contribution in [0.2, 0.25) is 0 Å². The molecule has 82 valence electrons. The van der Waals surface area contributed by atoms with Crippen molar-refractivity contribution >= 4 is 5.97 Å². The van der Waals surface area contributed by atoms with E-state index >= 15 is 0 Å². The maximum Gasteiger partial charge on any atom is 0.363 e. The lowest BCUT2D eigenvalue weighted by molar-refractivity contribution is -1.08. The van der Waals surface area contributed by atoms with Crippen LogP contribution in [0.15, 0.2) is 0 Å². The van der Waals surface area contributed by atoms with E-state index in [1.807, 2.05) is 0 Å². The molecule has 0 N–H and O–H groups in total. The monoisotopic (exact) mass is 200 g/mol. The Balaban J connectivity index is 2.40. The van der Waals surface area contributed by atoms with Crippen LogP contribution in [0.3, 0.4) is 0 Å². The van der Waals surface area contributed by atoms with Crippen molar-refractivity contribution in [2.24, 2.45) is 0 Å². The van der Waals surface area contributed by atoms with E-state index in [-0.39, 0.29) is 5.97 Å². The predicted octanol–water partition coefficient (Wildman–Crippen LogP) is 2.27. The van der Waals surface area contributed by atoms with Crippen molar-refractivity contribution in [1.29, 1.82) is 0 Å². The van der Waals surface area contributed by atoms with Crippen molar-refractivity contribution in [3.63, 3.8) is 0 Å². The van der Waals surface area contributed by atoms with E-state index in [9.17, 15) is 4.79 Å². The quantitative estimate of drug-likeness (QED) is 0.502. The van der Waals surface area contributed by atoms with Gasteiger partial charge in [-0.2, -0.15) is 0 Å². The molecule has 1 rings (SSSR count). The number of likely N-dealkylation sites (tertiary alicyclic amines) is 1. The average Bonchev–Trinajstić information content (AvgIpc) is 2.53. The average molecular weight is 200 g/mol. The summed E-state index contributed by atoms with van der Waals surface area (Å²) in [5.41, 5.74) is 0. The Kier molecular flexibility index (Phi) is 4.39. The Morgan fingerprint density at radius 1 is 1.29 bits per heavy atom. The zero-order chi connectivity index (χ0) is 10.4. The van der Waals surface area contributed by atoms with Gasteiger partial charge >= 0.3 is 5.97 Å². The minimum Gasteiger partial charge on any atom is -0.277 e. The SMILES string of the molecule is CCCCC[N+]1(OC(C)=O)CCCC1. The molecule has 0 radical (unpaired) electrons. The van der Waals surface area contributed by atoms with Crippen LogP contribution in [0, 0.1) is 0 Å². The van der Waals surface area contributed by atoms with E-state index in [0.29, 0.717) is 4.65 Å². The van der Waals surface area contributed by atoms with Gasteiger partial charge in [-0.05, 0) is 6.42 Å². The maximum atomic E-state index is 11.0. The standard InChI is InChI=1S/C11H22NO2/c1-3-4-5-8-12(14-11(2)13)9-6-7-10-12/h3-10H2,1-2H3/q+1. The first-order chi connectivity index (χ1) is 6.68. The molecule has 0 unspecified atom stereocenters. The van der Waals surface area contributed by atoms with E-state index in [1.54, 1.807) is 0 Å². The van der Waals surface area contributed by atoms with Gasteiger partial charge in [-0.25, -0.2) is 4.79 Å². The smallest absolute Gasteiger partial charge is 0.277 e. The van der Waals surface area contributed by atoms with Gasteiger partial charge in [-0.1, -0.05) is 13.3 Å². The number of unbranched alkanes of at least 4 members (excludes halogenated alkanes) is 2. The number of hydroxylamine groups is 3. The highest BCUT2D eigenvalue weighted by molar-refractivity contribution is 5.65. The van der Waals surface area contributed by atoms with Crippen molar-refractivity contribution in [3.05, 3.63) is 0 Å². The minimum absolute atomic E-state index is 0.136. The van der Waals surface area contributed by atoms with Crippen molar-refractivity contribution < 1.29 is 14.3 Å². The van der Waals surface area contributed by atoms with Gasteiger partial charge in [0.15, 0.2) is 0 Å². The Morgan fingerprint density at radius 2 is 1.93 bits per heavy atom. The molecule has 1 aliphatic rings. The largest absolute Gasteiger partial charge is 0.363 e. The third kappa shape index (κ3) is 3.29. The molecular weight excluding hydrogens is 178 g/mol. The second-order valence-electron chi connectivity index (χ2n) is 4.23. The molecule has 0 saturated carbocycles. The summed E-state index contributed by atoms with van der Waals surface area (Å²) in [4.78, 5) is 16.4. The zero-order valence-electron chi connectivity index (χ0n) is 9.42. The Hall–Kier alpha value is -0.570. The number of quaternary nitrogens is 1. The summed E-state index contributed by atoms with van der Waals surface area (Å²) in [6.45, 7) is 6.75. The molecule has 3 nitrogen and oxygen atoms in total. The van der Waals surface area contributed by atoms with E-state index in [2.05, 4.69) is 6.92 Å². The predicted molar refractivity (Wildman–Crippen MR) is 55.4 cm³/mol. The fourth-order valence-electron chi connectivity index (χ4n) is 2.19. The molecule has 14 heavy (non-hydrogen) atoms. The van der Waals surface area contributed by atoms with Crippen LogP contribution in [0.5, 0.6) is 0 Å². The lowest BCUT2D eigenvalue weighted by Gasteiger charge is -2.29. The summed E-state index contributed by atoms with van der Waals surface area (Å²) >= 11 is 0. The van der Waals surface area contributed by atoms with Crippen LogP contribution in [0.1, 0.15) is 46.0 Å². The van der Waals surface area contributed by atoms with E-state index in [0.717, 1.165) is 19.6 Å². The number of carbonyl (C=O) groups is 1. The highest BCUT2D eigenvalue weighted by Crippen LogP contribution is 2.21. The highest BCUT2D eigenvalue weighted by Gasteiger charge is 2.35. The van der Waals surface area contributed by atoms with Gasteiger partial charge in [-0.3, -0.25) is 4.84 Å². The summed E-state index contributed by atoms with van der Waals surface area (Å²) in [6, 6.07) is 0. The van der Waals surface area contributed by atoms with Gasteiger partial charge in [-0.15, -0.1) is 4.65 Å². The molecule has 0 bridgehead atoms. The molecule has 3 heteroatoms. The number of carbonyl (C=O) groups excluding carboxylic acids is 1. The van der Waals surface area contributed by atoms with Crippen LogP contribution in [-0.2, 0) is 9.63 Å². The van der Waals surface area contributed by atoms with Crippen LogP contribution in [-0.4, -0.2) is 30.2 Å². The lowest BCUT2D eigenvalue weighted by atomic mass is 10.2. The first kappa shape index (κ1) is 11.5. The van der Waals surface area contributed by atoms with Gasteiger partial charge in [0.05, 0.1) is 0 Å². The first-order valence-corrected chi connectivity index (χ1v) is 5.75. The summed E-state index contributed by atoms with van der Waals surface area (Å²) in [7, 11) is 0. The molecule has 0 spiro atoms. The molecule has 0 aromatic heterocycles. The number of rotatable bonds is 5. The molecule has 0 amide bonds. The van der Waals surface area contributed by atoms with Gasteiger partial charge in [0.25, 0.3) is 0 Å². The topological polar surface area (TPSA) is 26.3 Å². The summed E-state index contributed by atoms with van der Waals surface area (Å²) in [6.07, 6.45) is 6.02. The van der Waals surface area contributed by atoms with Crippen LogP contribution in [0.4, 0.5) is 0 Å². The molecule has 0 aromatic rings. The second-order valence-corrected chi connectivity index (χ2v) is 4.23.